The van der Waals surface area contributed by atoms with Gasteiger partial charge in [0.2, 0.25) is 0 Å². The van der Waals surface area contributed by atoms with Gasteiger partial charge in [-0.2, -0.15) is 0 Å². The third-order valence-corrected chi connectivity index (χ3v) is 4.15. The average Bonchev–Trinajstić information content (AvgIpc) is 2.39. The minimum Gasteiger partial charge on any atom is -0.364 e. The van der Waals surface area contributed by atoms with Crippen LogP contribution in [0.25, 0.3) is 0 Å². The molecule has 3 unspecified atom stereocenters. The molecule has 0 amide bonds. The van der Waals surface area contributed by atoms with Crippen LogP contribution < -0.4 is 10.2 Å². The molecule has 0 aliphatic carbocycles. The number of halogens is 2. The molecule has 2 rings (SSSR count). The lowest BCUT2D eigenvalue weighted by Crippen LogP contribution is -2.57. The Morgan fingerprint density at radius 1 is 1.42 bits per heavy atom. The van der Waals surface area contributed by atoms with Crippen molar-refractivity contribution in [1.82, 2.24) is 5.32 Å². The molecule has 106 valence electrons. The molecule has 1 aliphatic heterocycles. The Morgan fingerprint density at radius 2 is 2.16 bits per heavy atom. The molecule has 0 radical (unpaired) electrons. The van der Waals surface area contributed by atoms with Crippen LogP contribution in [0.4, 0.5) is 14.5 Å². The van der Waals surface area contributed by atoms with Gasteiger partial charge < -0.3 is 10.2 Å². The standard InChI is InChI=1S/C15H22F2N2/c1-4-10(2)14-9-19(11(3)8-18-14)15-6-5-12(16)7-13(15)17/h5-7,10-11,14,18H,4,8-9H2,1-3H3. The van der Waals surface area contributed by atoms with Crippen molar-refractivity contribution in [1.29, 1.82) is 0 Å². The lowest BCUT2D eigenvalue weighted by atomic mass is 9.95. The molecular weight excluding hydrogens is 246 g/mol. The second kappa shape index (κ2) is 5.87. The van der Waals surface area contributed by atoms with Gasteiger partial charge in [-0.1, -0.05) is 20.3 Å². The molecule has 1 aromatic carbocycles. The fourth-order valence-electron chi connectivity index (χ4n) is 2.60. The molecule has 2 nitrogen and oxygen atoms in total. The Balaban J connectivity index is 2.21. The molecule has 0 aromatic heterocycles. The predicted octanol–water partition coefficient (Wildman–Crippen LogP) is 3.18. The molecular formula is C15H22F2N2. The van der Waals surface area contributed by atoms with Gasteiger partial charge in [0.1, 0.15) is 11.6 Å². The van der Waals surface area contributed by atoms with Crippen LogP contribution >= 0.6 is 0 Å². The van der Waals surface area contributed by atoms with Gasteiger partial charge in [0, 0.05) is 31.2 Å². The van der Waals surface area contributed by atoms with E-state index in [1.165, 1.54) is 6.07 Å². The maximum absolute atomic E-state index is 13.9. The first-order valence-electron chi connectivity index (χ1n) is 6.98. The smallest absolute Gasteiger partial charge is 0.149 e. The summed E-state index contributed by atoms with van der Waals surface area (Å²) in [5, 5.41) is 3.51. The fourth-order valence-corrected chi connectivity index (χ4v) is 2.60. The van der Waals surface area contributed by atoms with E-state index in [4.69, 9.17) is 0 Å². The molecule has 0 spiro atoms. The Bertz CT molecular complexity index is 436. The summed E-state index contributed by atoms with van der Waals surface area (Å²) in [6, 6.07) is 4.39. The largest absolute Gasteiger partial charge is 0.364 e. The van der Waals surface area contributed by atoms with Crippen LogP contribution in [-0.2, 0) is 0 Å². The van der Waals surface area contributed by atoms with Crippen molar-refractivity contribution >= 4 is 5.69 Å². The molecule has 0 saturated carbocycles. The first kappa shape index (κ1) is 14.3. The Morgan fingerprint density at radius 3 is 2.79 bits per heavy atom. The van der Waals surface area contributed by atoms with Crippen molar-refractivity contribution < 1.29 is 8.78 Å². The average molecular weight is 268 g/mol. The number of nitrogens with one attached hydrogen (secondary N) is 1. The SMILES string of the molecule is CCC(C)C1CN(c2ccc(F)cc2F)C(C)CN1. The summed E-state index contributed by atoms with van der Waals surface area (Å²) in [4.78, 5) is 2.04. The van der Waals surface area contributed by atoms with Crippen LogP contribution in [0.2, 0.25) is 0 Å². The highest BCUT2D eigenvalue weighted by atomic mass is 19.1. The number of nitrogens with zero attached hydrogens (tertiary/aromatic N) is 1. The van der Waals surface area contributed by atoms with Crippen LogP contribution in [0.3, 0.4) is 0 Å². The summed E-state index contributed by atoms with van der Waals surface area (Å²) < 4.78 is 26.9. The second-order valence-corrected chi connectivity index (χ2v) is 5.50. The van der Waals surface area contributed by atoms with E-state index < -0.39 is 11.6 Å². The number of benzene rings is 1. The first-order valence-corrected chi connectivity index (χ1v) is 6.98. The zero-order valence-electron chi connectivity index (χ0n) is 11.8. The highest BCUT2D eigenvalue weighted by Gasteiger charge is 2.29. The van der Waals surface area contributed by atoms with E-state index in [1.807, 2.05) is 4.90 Å². The van der Waals surface area contributed by atoms with Crippen molar-refractivity contribution in [3.8, 4) is 0 Å². The van der Waals surface area contributed by atoms with Crippen LogP contribution in [-0.4, -0.2) is 25.2 Å². The lowest BCUT2D eigenvalue weighted by molar-refractivity contribution is 0.314. The molecule has 1 N–H and O–H groups in total. The van der Waals surface area contributed by atoms with Gasteiger partial charge in [-0.25, -0.2) is 8.78 Å². The first-order chi connectivity index (χ1) is 9.02. The van der Waals surface area contributed by atoms with Crippen molar-refractivity contribution in [3.05, 3.63) is 29.8 Å². The molecule has 19 heavy (non-hydrogen) atoms. The number of anilines is 1. The van der Waals surface area contributed by atoms with Crippen molar-refractivity contribution in [2.75, 3.05) is 18.0 Å². The summed E-state index contributed by atoms with van der Waals surface area (Å²) in [5.74, 6) is -0.460. The highest BCUT2D eigenvalue weighted by Crippen LogP contribution is 2.25. The third kappa shape index (κ3) is 3.06. The summed E-state index contributed by atoms with van der Waals surface area (Å²) in [6.07, 6.45) is 1.09. The summed E-state index contributed by atoms with van der Waals surface area (Å²) in [6.45, 7) is 8.01. The molecule has 4 heteroatoms. The number of hydrogen-bond acceptors (Lipinski definition) is 2. The van der Waals surface area contributed by atoms with Gasteiger partial charge in [0.15, 0.2) is 0 Å². The summed E-state index contributed by atoms with van der Waals surface area (Å²) in [5.41, 5.74) is 0.503. The molecule has 1 aliphatic rings. The quantitative estimate of drug-likeness (QED) is 0.905. The minimum atomic E-state index is -0.525. The second-order valence-electron chi connectivity index (χ2n) is 5.50. The monoisotopic (exact) mass is 268 g/mol. The topological polar surface area (TPSA) is 15.3 Å². The summed E-state index contributed by atoms with van der Waals surface area (Å²) >= 11 is 0. The zero-order valence-corrected chi connectivity index (χ0v) is 11.8. The Hall–Kier alpha value is -1.16. The predicted molar refractivity (Wildman–Crippen MR) is 74.4 cm³/mol. The van der Waals surface area contributed by atoms with E-state index in [9.17, 15) is 8.78 Å². The Kier molecular flexibility index (Phi) is 4.40. The van der Waals surface area contributed by atoms with Gasteiger partial charge in [0.05, 0.1) is 5.69 Å². The normalized spacial score (nSPS) is 25.4. The van der Waals surface area contributed by atoms with Crippen LogP contribution in [0, 0.1) is 17.6 Å². The molecule has 1 heterocycles. The van der Waals surface area contributed by atoms with E-state index in [0.717, 1.165) is 25.6 Å². The summed E-state index contributed by atoms with van der Waals surface area (Å²) in [7, 11) is 0. The van der Waals surface area contributed by atoms with Crippen LogP contribution in [0.15, 0.2) is 18.2 Å². The number of piperazine rings is 1. The molecule has 3 atom stereocenters. The van der Waals surface area contributed by atoms with Crippen molar-refractivity contribution in [2.45, 2.75) is 39.3 Å². The molecule has 1 saturated heterocycles. The van der Waals surface area contributed by atoms with Crippen molar-refractivity contribution in [2.24, 2.45) is 5.92 Å². The van der Waals surface area contributed by atoms with Gasteiger partial charge in [-0.15, -0.1) is 0 Å². The van der Waals surface area contributed by atoms with Gasteiger partial charge in [0.25, 0.3) is 0 Å². The maximum Gasteiger partial charge on any atom is 0.149 e. The van der Waals surface area contributed by atoms with Crippen LogP contribution in [0.1, 0.15) is 27.2 Å². The van der Waals surface area contributed by atoms with E-state index in [2.05, 4.69) is 26.1 Å². The van der Waals surface area contributed by atoms with Gasteiger partial charge in [-0.3, -0.25) is 0 Å². The Labute approximate surface area is 113 Å². The van der Waals surface area contributed by atoms with Gasteiger partial charge >= 0.3 is 0 Å². The molecule has 0 bridgehead atoms. The maximum atomic E-state index is 13.9. The van der Waals surface area contributed by atoms with E-state index in [0.29, 0.717) is 17.6 Å². The number of rotatable bonds is 3. The third-order valence-electron chi connectivity index (χ3n) is 4.15. The molecule has 1 aromatic rings. The zero-order chi connectivity index (χ0) is 14.0. The van der Waals surface area contributed by atoms with E-state index in [1.54, 1.807) is 6.07 Å². The fraction of sp³-hybridized carbons (Fsp3) is 0.600. The number of hydrogen-bond donors (Lipinski definition) is 1. The van der Waals surface area contributed by atoms with E-state index >= 15 is 0 Å². The lowest BCUT2D eigenvalue weighted by Gasteiger charge is -2.42. The van der Waals surface area contributed by atoms with Crippen molar-refractivity contribution in [3.63, 3.8) is 0 Å². The van der Waals surface area contributed by atoms with Gasteiger partial charge in [-0.05, 0) is 25.0 Å². The highest BCUT2D eigenvalue weighted by molar-refractivity contribution is 5.49. The molecule has 1 fully saturated rings. The van der Waals surface area contributed by atoms with E-state index in [-0.39, 0.29) is 6.04 Å². The minimum absolute atomic E-state index is 0.209. The van der Waals surface area contributed by atoms with Crippen LogP contribution in [0.5, 0.6) is 0 Å².